The van der Waals surface area contributed by atoms with Crippen molar-refractivity contribution in [2.24, 2.45) is 0 Å². The molecule has 0 unspecified atom stereocenters. The Balaban J connectivity index is 1.73. The molecule has 110 valence electrons. The summed E-state index contributed by atoms with van der Waals surface area (Å²) >= 11 is 0. The Labute approximate surface area is 120 Å². The van der Waals surface area contributed by atoms with Gasteiger partial charge in [0.05, 0.1) is 19.1 Å². The first kappa shape index (κ1) is 15.0. The maximum Gasteiger partial charge on any atom is 0.304 e. The van der Waals surface area contributed by atoms with Crippen LogP contribution in [0.4, 0.5) is 0 Å². The van der Waals surface area contributed by atoms with E-state index < -0.39 is 5.97 Å². The summed E-state index contributed by atoms with van der Waals surface area (Å²) in [6.07, 6.45) is 5.56. The highest BCUT2D eigenvalue weighted by Gasteiger charge is 2.15. The number of aliphatic carboxylic acids is 1. The van der Waals surface area contributed by atoms with Gasteiger partial charge in [0.25, 0.3) is 0 Å². The molecule has 0 saturated heterocycles. The van der Waals surface area contributed by atoms with Crippen molar-refractivity contribution >= 4 is 5.97 Å². The van der Waals surface area contributed by atoms with Crippen LogP contribution in [-0.4, -0.2) is 23.7 Å². The smallest absolute Gasteiger partial charge is 0.304 e. The van der Waals surface area contributed by atoms with E-state index in [9.17, 15) is 4.79 Å². The predicted octanol–water partition coefficient (Wildman–Crippen LogP) is 2.71. The highest BCUT2D eigenvalue weighted by molar-refractivity contribution is 5.66. The fourth-order valence-corrected chi connectivity index (χ4v) is 2.53. The van der Waals surface area contributed by atoms with Gasteiger partial charge < -0.3 is 15.2 Å². The molecule has 0 spiro atoms. The first-order valence-electron chi connectivity index (χ1n) is 7.36. The zero-order valence-corrected chi connectivity index (χ0v) is 11.8. The van der Waals surface area contributed by atoms with E-state index in [4.69, 9.17) is 9.84 Å². The van der Waals surface area contributed by atoms with Crippen LogP contribution >= 0.6 is 0 Å². The fourth-order valence-electron chi connectivity index (χ4n) is 2.53. The van der Waals surface area contributed by atoms with Gasteiger partial charge >= 0.3 is 5.97 Å². The number of carboxylic acid groups (broad SMARTS) is 1. The molecule has 0 amide bonds. The Morgan fingerprint density at radius 1 is 1.30 bits per heavy atom. The van der Waals surface area contributed by atoms with Crippen LogP contribution < -0.4 is 5.32 Å². The van der Waals surface area contributed by atoms with Crippen LogP contribution in [0.5, 0.6) is 0 Å². The minimum Gasteiger partial charge on any atom is -0.481 e. The van der Waals surface area contributed by atoms with Gasteiger partial charge in [-0.15, -0.1) is 0 Å². The van der Waals surface area contributed by atoms with Crippen molar-refractivity contribution in [1.29, 1.82) is 0 Å². The Morgan fingerprint density at radius 3 is 2.80 bits per heavy atom. The SMILES string of the molecule is O=C(O)CCNCc1cccc(COC2CCCC2)c1. The second kappa shape index (κ2) is 8.02. The average molecular weight is 277 g/mol. The molecule has 20 heavy (non-hydrogen) atoms. The van der Waals surface area contributed by atoms with Crippen LogP contribution in [0.2, 0.25) is 0 Å². The lowest BCUT2D eigenvalue weighted by Gasteiger charge is -2.12. The first-order valence-corrected chi connectivity index (χ1v) is 7.36. The molecular formula is C16H23NO3. The molecule has 0 atom stereocenters. The number of carboxylic acids is 1. The van der Waals surface area contributed by atoms with Gasteiger partial charge in [0.2, 0.25) is 0 Å². The Bertz CT molecular complexity index is 427. The zero-order chi connectivity index (χ0) is 14.2. The first-order chi connectivity index (χ1) is 9.74. The van der Waals surface area contributed by atoms with Gasteiger partial charge in [0, 0.05) is 13.1 Å². The molecule has 2 rings (SSSR count). The fraction of sp³-hybridized carbons (Fsp3) is 0.562. The Kier molecular flexibility index (Phi) is 6.02. The summed E-state index contributed by atoms with van der Waals surface area (Å²) < 4.78 is 5.90. The summed E-state index contributed by atoms with van der Waals surface area (Å²) in [5.41, 5.74) is 2.36. The summed E-state index contributed by atoms with van der Waals surface area (Å²) in [7, 11) is 0. The monoisotopic (exact) mass is 277 g/mol. The van der Waals surface area contributed by atoms with Crippen molar-refractivity contribution in [2.75, 3.05) is 6.54 Å². The zero-order valence-electron chi connectivity index (χ0n) is 11.8. The van der Waals surface area contributed by atoms with Gasteiger partial charge in [0.1, 0.15) is 0 Å². The van der Waals surface area contributed by atoms with Crippen molar-refractivity contribution in [1.82, 2.24) is 5.32 Å². The van der Waals surface area contributed by atoms with Crippen molar-refractivity contribution < 1.29 is 14.6 Å². The largest absolute Gasteiger partial charge is 0.481 e. The molecule has 0 aromatic heterocycles. The second-order valence-corrected chi connectivity index (χ2v) is 5.36. The van der Waals surface area contributed by atoms with Crippen molar-refractivity contribution in [2.45, 2.75) is 51.4 Å². The third kappa shape index (κ3) is 5.31. The molecule has 4 heteroatoms. The van der Waals surface area contributed by atoms with E-state index >= 15 is 0 Å². The molecule has 1 aliphatic rings. The third-order valence-electron chi connectivity index (χ3n) is 3.62. The van der Waals surface area contributed by atoms with Gasteiger partial charge in [-0.2, -0.15) is 0 Å². The van der Waals surface area contributed by atoms with E-state index in [0.29, 0.717) is 25.8 Å². The van der Waals surface area contributed by atoms with E-state index in [1.807, 2.05) is 12.1 Å². The molecule has 1 aromatic rings. The van der Waals surface area contributed by atoms with Gasteiger partial charge in [-0.1, -0.05) is 37.1 Å². The molecule has 1 aromatic carbocycles. The number of benzene rings is 1. The maximum absolute atomic E-state index is 10.4. The van der Waals surface area contributed by atoms with E-state index in [1.54, 1.807) is 0 Å². The van der Waals surface area contributed by atoms with Crippen molar-refractivity contribution in [3.8, 4) is 0 Å². The van der Waals surface area contributed by atoms with Crippen LogP contribution in [0.15, 0.2) is 24.3 Å². The summed E-state index contributed by atoms with van der Waals surface area (Å²) in [5, 5.41) is 11.7. The molecule has 0 bridgehead atoms. The Morgan fingerprint density at radius 2 is 2.05 bits per heavy atom. The lowest BCUT2D eigenvalue weighted by Crippen LogP contribution is -2.17. The molecule has 0 aliphatic heterocycles. The second-order valence-electron chi connectivity index (χ2n) is 5.36. The van der Waals surface area contributed by atoms with Crippen LogP contribution in [0, 0.1) is 0 Å². The normalized spacial score (nSPS) is 15.6. The molecule has 1 saturated carbocycles. The minimum atomic E-state index is -0.767. The molecule has 0 radical (unpaired) electrons. The minimum absolute atomic E-state index is 0.157. The quantitative estimate of drug-likeness (QED) is 0.717. The van der Waals surface area contributed by atoms with Crippen LogP contribution in [0.3, 0.4) is 0 Å². The highest BCUT2D eigenvalue weighted by Crippen LogP contribution is 2.22. The van der Waals surface area contributed by atoms with Crippen molar-refractivity contribution in [3.05, 3.63) is 35.4 Å². The lowest BCUT2D eigenvalue weighted by molar-refractivity contribution is -0.136. The summed E-state index contributed by atoms with van der Waals surface area (Å²) in [5.74, 6) is -0.767. The Hall–Kier alpha value is -1.39. The molecule has 0 heterocycles. The number of rotatable bonds is 8. The average Bonchev–Trinajstić information content (AvgIpc) is 2.95. The summed E-state index contributed by atoms with van der Waals surface area (Å²) in [6.45, 7) is 1.87. The van der Waals surface area contributed by atoms with Gasteiger partial charge in [-0.25, -0.2) is 0 Å². The van der Waals surface area contributed by atoms with Gasteiger partial charge in [-0.05, 0) is 24.0 Å². The topological polar surface area (TPSA) is 58.6 Å². The molecule has 4 nitrogen and oxygen atoms in total. The molecule has 2 N–H and O–H groups in total. The van der Waals surface area contributed by atoms with E-state index in [1.165, 1.54) is 36.8 Å². The van der Waals surface area contributed by atoms with Crippen molar-refractivity contribution in [3.63, 3.8) is 0 Å². The highest BCUT2D eigenvalue weighted by atomic mass is 16.5. The number of nitrogens with one attached hydrogen (secondary N) is 1. The predicted molar refractivity (Wildman–Crippen MR) is 77.4 cm³/mol. The van der Waals surface area contributed by atoms with Crippen LogP contribution in [0.25, 0.3) is 0 Å². The number of ether oxygens (including phenoxy) is 1. The van der Waals surface area contributed by atoms with E-state index in [0.717, 1.165) is 0 Å². The van der Waals surface area contributed by atoms with Gasteiger partial charge in [0.15, 0.2) is 0 Å². The standard InChI is InChI=1S/C16H23NO3/c18-16(19)8-9-17-11-13-4-3-5-14(10-13)12-20-15-6-1-2-7-15/h3-5,10,15,17H,1-2,6-9,11-12H2,(H,18,19). The van der Waals surface area contributed by atoms with Gasteiger partial charge in [-0.3, -0.25) is 4.79 Å². The number of carbonyl (C=O) groups is 1. The number of hydrogen-bond acceptors (Lipinski definition) is 3. The maximum atomic E-state index is 10.4. The third-order valence-corrected chi connectivity index (χ3v) is 3.62. The number of hydrogen-bond donors (Lipinski definition) is 2. The summed E-state index contributed by atoms with van der Waals surface area (Å²) in [4.78, 5) is 10.4. The van der Waals surface area contributed by atoms with E-state index in [2.05, 4.69) is 17.4 Å². The van der Waals surface area contributed by atoms with E-state index in [-0.39, 0.29) is 6.42 Å². The molecular weight excluding hydrogens is 254 g/mol. The molecule has 1 fully saturated rings. The van der Waals surface area contributed by atoms with Crippen LogP contribution in [0.1, 0.15) is 43.2 Å². The lowest BCUT2D eigenvalue weighted by atomic mass is 10.1. The summed E-state index contributed by atoms with van der Waals surface area (Å²) in [6, 6.07) is 8.28. The molecule has 1 aliphatic carbocycles. The van der Waals surface area contributed by atoms with Crippen LogP contribution in [-0.2, 0) is 22.7 Å².